The average Bonchev–Trinajstić information content (AvgIpc) is 2.96. The fourth-order valence-corrected chi connectivity index (χ4v) is 2.41. The van der Waals surface area contributed by atoms with E-state index in [0.29, 0.717) is 12.3 Å². The van der Waals surface area contributed by atoms with Gasteiger partial charge in [0.15, 0.2) is 11.5 Å². The highest BCUT2D eigenvalue weighted by Crippen LogP contribution is 2.27. The summed E-state index contributed by atoms with van der Waals surface area (Å²) in [6, 6.07) is 4.59. The van der Waals surface area contributed by atoms with Crippen LogP contribution in [0.3, 0.4) is 0 Å². The Bertz CT molecular complexity index is 690. The molecule has 0 bridgehead atoms. The van der Waals surface area contributed by atoms with Gasteiger partial charge in [0, 0.05) is 32.4 Å². The number of aryl methyl sites for hydroxylation is 1. The van der Waals surface area contributed by atoms with Crippen molar-refractivity contribution in [3.63, 3.8) is 0 Å². The highest BCUT2D eigenvalue weighted by molar-refractivity contribution is 5.85. The fraction of sp³-hybridized carbons (Fsp3) is 0.375. The van der Waals surface area contributed by atoms with Crippen molar-refractivity contribution in [3.05, 3.63) is 41.7 Å². The lowest BCUT2D eigenvalue weighted by molar-refractivity contribution is -0.132. The lowest BCUT2D eigenvalue weighted by Gasteiger charge is -2.23. The van der Waals surface area contributed by atoms with Crippen molar-refractivity contribution >= 4 is 18.3 Å². The Kier molecular flexibility index (Phi) is 7.06. The molecule has 1 atom stereocenters. The molecule has 0 saturated heterocycles. The van der Waals surface area contributed by atoms with Gasteiger partial charge in [0.2, 0.25) is 5.91 Å². The van der Waals surface area contributed by atoms with Gasteiger partial charge in [-0.2, -0.15) is 5.10 Å². The number of hydrogen-bond donors (Lipinski definition) is 2. The zero-order valence-corrected chi connectivity index (χ0v) is 15.0. The smallest absolute Gasteiger partial charge is 0.244 e. The van der Waals surface area contributed by atoms with Gasteiger partial charge in [0.05, 0.1) is 13.3 Å². The molecule has 2 aromatic rings. The van der Waals surface area contributed by atoms with Crippen LogP contribution < -0.4 is 10.1 Å². The SMILES string of the molecule is CNC(C(=O)N(C)Cc1ccc(O)c(OC)c1)c1cnn(C)c1.Cl. The molecule has 2 rings (SSSR count). The van der Waals surface area contributed by atoms with Crippen LogP contribution >= 0.6 is 12.4 Å². The first-order valence-electron chi connectivity index (χ1n) is 7.23. The van der Waals surface area contributed by atoms with Gasteiger partial charge >= 0.3 is 0 Å². The molecule has 0 aliphatic heterocycles. The molecule has 24 heavy (non-hydrogen) atoms. The van der Waals surface area contributed by atoms with Gasteiger partial charge in [-0.1, -0.05) is 6.07 Å². The molecule has 0 radical (unpaired) electrons. The molecule has 2 N–H and O–H groups in total. The number of carbonyl (C=O) groups excluding carboxylic acids is 1. The fourth-order valence-electron chi connectivity index (χ4n) is 2.41. The third-order valence-corrected chi connectivity index (χ3v) is 3.63. The maximum atomic E-state index is 12.7. The van der Waals surface area contributed by atoms with Crippen LogP contribution in [-0.4, -0.2) is 46.9 Å². The molecule has 1 aromatic heterocycles. The molecule has 0 saturated carbocycles. The number of aromatic nitrogens is 2. The number of likely N-dealkylation sites (N-methyl/N-ethyl adjacent to an activating group) is 2. The van der Waals surface area contributed by atoms with Gasteiger partial charge in [0.25, 0.3) is 0 Å². The van der Waals surface area contributed by atoms with E-state index in [2.05, 4.69) is 10.4 Å². The van der Waals surface area contributed by atoms with Crippen LogP contribution in [0.15, 0.2) is 30.6 Å². The molecule has 7 nitrogen and oxygen atoms in total. The number of ether oxygens (including phenoxy) is 1. The van der Waals surface area contributed by atoms with E-state index in [1.165, 1.54) is 7.11 Å². The summed E-state index contributed by atoms with van der Waals surface area (Å²) in [5.74, 6) is 0.405. The standard InChI is InChI=1S/C16H22N4O3.ClH/c1-17-15(12-8-18-20(3)10-12)16(22)19(2)9-11-5-6-13(21)14(7-11)23-4;/h5-8,10,15,17,21H,9H2,1-4H3;1H. The number of benzene rings is 1. The second kappa shape index (κ2) is 8.56. The van der Waals surface area contributed by atoms with Crippen LogP contribution in [0.25, 0.3) is 0 Å². The summed E-state index contributed by atoms with van der Waals surface area (Å²) in [7, 11) is 6.79. The monoisotopic (exact) mass is 354 g/mol. The van der Waals surface area contributed by atoms with Gasteiger partial charge in [-0.3, -0.25) is 9.48 Å². The van der Waals surface area contributed by atoms with E-state index in [1.807, 2.05) is 13.2 Å². The number of amides is 1. The Morgan fingerprint density at radius 3 is 2.75 bits per heavy atom. The summed E-state index contributed by atoms with van der Waals surface area (Å²) < 4.78 is 6.76. The van der Waals surface area contributed by atoms with E-state index in [1.54, 1.807) is 48.1 Å². The summed E-state index contributed by atoms with van der Waals surface area (Å²) in [6.07, 6.45) is 3.49. The first kappa shape index (κ1) is 19.8. The van der Waals surface area contributed by atoms with E-state index in [4.69, 9.17) is 4.74 Å². The minimum Gasteiger partial charge on any atom is -0.504 e. The maximum absolute atomic E-state index is 12.7. The van der Waals surface area contributed by atoms with E-state index in [0.717, 1.165) is 11.1 Å². The number of methoxy groups -OCH3 is 1. The van der Waals surface area contributed by atoms with Crippen molar-refractivity contribution in [3.8, 4) is 11.5 Å². The van der Waals surface area contributed by atoms with Crippen LogP contribution in [0.2, 0.25) is 0 Å². The molecular weight excluding hydrogens is 332 g/mol. The van der Waals surface area contributed by atoms with Gasteiger partial charge in [0.1, 0.15) is 6.04 Å². The second-order valence-corrected chi connectivity index (χ2v) is 5.37. The number of phenolic OH excluding ortho intramolecular Hbond substituents is 1. The third-order valence-electron chi connectivity index (χ3n) is 3.63. The molecule has 0 aliphatic carbocycles. The Morgan fingerprint density at radius 1 is 1.50 bits per heavy atom. The summed E-state index contributed by atoms with van der Waals surface area (Å²) in [4.78, 5) is 14.3. The van der Waals surface area contributed by atoms with Crippen LogP contribution in [0.5, 0.6) is 11.5 Å². The largest absolute Gasteiger partial charge is 0.504 e. The Balaban J connectivity index is 0.00000288. The average molecular weight is 355 g/mol. The van der Waals surface area contributed by atoms with E-state index in [-0.39, 0.29) is 24.1 Å². The maximum Gasteiger partial charge on any atom is 0.244 e. The number of carbonyl (C=O) groups is 1. The number of nitrogens with one attached hydrogen (secondary N) is 1. The normalized spacial score (nSPS) is 11.5. The van der Waals surface area contributed by atoms with Crippen molar-refractivity contribution < 1.29 is 14.6 Å². The minimum absolute atomic E-state index is 0. The minimum atomic E-state index is -0.451. The number of aromatic hydroxyl groups is 1. The van der Waals surface area contributed by atoms with Gasteiger partial charge in [-0.25, -0.2) is 0 Å². The first-order valence-corrected chi connectivity index (χ1v) is 7.23. The number of rotatable bonds is 6. The van der Waals surface area contributed by atoms with E-state index >= 15 is 0 Å². The molecule has 0 aliphatic rings. The highest BCUT2D eigenvalue weighted by Gasteiger charge is 2.23. The van der Waals surface area contributed by atoms with Gasteiger partial charge in [-0.15, -0.1) is 12.4 Å². The summed E-state index contributed by atoms with van der Waals surface area (Å²) >= 11 is 0. The van der Waals surface area contributed by atoms with Gasteiger partial charge < -0.3 is 20.1 Å². The quantitative estimate of drug-likeness (QED) is 0.821. The van der Waals surface area contributed by atoms with Crippen LogP contribution in [0.1, 0.15) is 17.2 Å². The van der Waals surface area contributed by atoms with Gasteiger partial charge in [-0.05, 0) is 24.7 Å². The van der Waals surface area contributed by atoms with E-state index < -0.39 is 6.04 Å². The summed E-state index contributed by atoms with van der Waals surface area (Å²) in [5, 5.41) is 16.8. The predicted octanol–water partition coefficient (Wildman–Crippen LogP) is 1.48. The molecular formula is C16H23ClN4O3. The van der Waals surface area contributed by atoms with Crippen LogP contribution in [0.4, 0.5) is 0 Å². The number of phenols is 1. The Hall–Kier alpha value is -2.25. The van der Waals surface area contributed by atoms with Crippen molar-refractivity contribution in [1.29, 1.82) is 0 Å². The number of hydrogen-bond acceptors (Lipinski definition) is 5. The summed E-state index contributed by atoms with van der Waals surface area (Å²) in [6.45, 7) is 0.411. The lowest BCUT2D eigenvalue weighted by atomic mass is 10.1. The van der Waals surface area contributed by atoms with Crippen molar-refractivity contribution in [2.45, 2.75) is 12.6 Å². The zero-order valence-electron chi connectivity index (χ0n) is 14.2. The molecule has 1 amide bonds. The van der Waals surface area contributed by atoms with Crippen LogP contribution in [0, 0.1) is 0 Å². The van der Waals surface area contributed by atoms with Crippen LogP contribution in [-0.2, 0) is 18.4 Å². The second-order valence-electron chi connectivity index (χ2n) is 5.37. The molecule has 8 heteroatoms. The third kappa shape index (κ3) is 4.39. The molecule has 1 aromatic carbocycles. The van der Waals surface area contributed by atoms with Crippen molar-refractivity contribution in [2.24, 2.45) is 7.05 Å². The Labute approximate surface area is 147 Å². The predicted molar refractivity (Wildman–Crippen MR) is 93.4 cm³/mol. The number of nitrogens with zero attached hydrogens (tertiary/aromatic N) is 3. The first-order chi connectivity index (χ1) is 11.0. The van der Waals surface area contributed by atoms with Crippen molar-refractivity contribution in [1.82, 2.24) is 20.0 Å². The molecule has 1 heterocycles. The molecule has 0 spiro atoms. The van der Waals surface area contributed by atoms with Crippen molar-refractivity contribution in [2.75, 3.05) is 21.2 Å². The highest BCUT2D eigenvalue weighted by atomic mass is 35.5. The lowest BCUT2D eigenvalue weighted by Crippen LogP contribution is -2.37. The molecule has 132 valence electrons. The zero-order chi connectivity index (χ0) is 17.0. The topological polar surface area (TPSA) is 79.6 Å². The molecule has 0 fully saturated rings. The van der Waals surface area contributed by atoms with E-state index in [9.17, 15) is 9.90 Å². The number of halogens is 1. The molecule has 1 unspecified atom stereocenters. The Morgan fingerprint density at radius 2 is 2.21 bits per heavy atom. The summed E-state index contributed by atoms with van der Waals surface area (Å²) in [5.41, 5.74) is 1.69.